The van der Waals surface area contributed by atoms with E-state index in [0.29, 0.717) is 23.1 Å². The van der Waals surface area contributed by atoms with Crippen LogP contribution in [0.2, 0.25) is 0 Å². The lowest BCUT2D eigenvalue weighted by molar-refractivity contribution is 0.324. The predicted molar refractivity (Wildman–Crippen MR) is 128 cm³/mol. The number of phenolic OH excluding ortho intramolecular Hbond substituents is 1. The zero-order valence-corrected chi connectivity index (χ0v) is 18.8. The fourth-order valence-corrected chi connectivity index (χ4v) is 4.47. The molecule has 2 unspecified atom stereocenters. The number of hydrogen-bond donors (Lipinski definition) is 2. The van der Waals surface area contributed by atoms with E-state index in [-0.39, 0.29) is 17.7 Å². The Morgan fingerprint density at radius 3 is 2.18 bits per heavy atom. The SMILES string of the molecule is COc1cc(C2=NC(c3ccccc3)C3CC3=C(c3ccccc3O)N2)cc(OC)c1OC. The first kappa shape index (κ1) is 20.9. The summed E-state index contributed by atoms with van der Waals surface area (Å²) in [5.74, 6) is 2.83. The highest BCUT2D eigenvalue weighted by molar-refractivity contribution is 6.06. The molecule has 0 aromatic heterocycles. The van der Waals surface area contributed by atoms with Crippen molar-refractivity contribution in [3.8, 4) is 23.0 Å². The van der Waals surface area contributed by atoms with E-state index in [1.54, 1.807) is 27.4 Å². The smallest absolute Gasteiger partial charge is 0.203 e. The summed E-state index contributed by atoms with van der Waals surface area (Å²) in [7, 11) is 4.78. The number of fused-ring (bicyclic) bond motifs is 1. The van der Waals surface area contributed by atoms with Crippen LogP contribution in [0, 0.1) is 5.92 Å². The fourth-order valence-electron chi connectivity index (χ4n) is 4.47. The maximum Gasteiger partial charge on any atom is 0.203 e. The Labute approximate surface area is 193 Å². The van der Waals surface area contributed by atoms with Gasteiger partial charge in [-0.1, -0.05) is 42.5 Å². The van der Waals surface area contributed by atoms with Gasteiger partial charge in [0.1, 0.15) is 11.6 Å². The van der Waals surface area contributed by atoms with Gasteiger partial charge in [0, 0.05) is 17.0 Å². The number of methoxy groups -OCH3 is 3. The highest BCUT2D eigenvalue weighted by atomic mass is 16.5. The van der Waals surface area contributed by atoms with Crippen molar-refractivity contribution >= 4 is 11.5 Å². The summed E-state index contributed by atoms with van der Waals surface area (Å²) in [4.78, 5) is 5.18. The summed E-state index contributed by atoms with van der Waals surface area (Å²) in [5, 5.41) is 14.1. The maximum absolute atomic E-state index is 10.6. The number of ether oxygens (including phenoxy) is 3. The van der Waals surface area contributed by atoms with E-state index in [0.717, 1.165) is 28.8 Å². The summed E-state index contributed by atoms with van der Waals surface area (Å²) in [6, 6.07) is 21.4. The Kier molecular flexibility index (Phi) is 5.42. The van der Waals surface area contributed by atoms with Gasteiger partial charge in [0.05, 0.1) is 33.1 Å². The van der Waals surface area contributed by atoms with Gasteiger partial charge >= 0.3 is 0 Å². The molecule has 0 spiro atoms. The Balaban J connectivity index is 1.67. The number of hydrogen-bond acceptors (Lipinski definition) is 6. The van der Waals surface area contributed by atoms with Crippen molar-refractivity contribution in [1.29, 1.82) is 0 Å². The predicted octanol–water partition coefficient (Wildman–Crippen LogP) is 4.94. The van der Waals surface area contributed by atoms with Gasteiger partial charge in [-0.3, -0.25) is 4.99 Å². The first-order valence-electron chi connectivity index (χ1n) is 10.9. The standard InChI is InChI=1S/C27H26N2O4/c1-31-22-13-17(14-23(32-2)26(22)33-3)27-28-24(16-9-5-4-6-10-16)19-15-20(19)25(29-27)18-11-7-8-12-21(18)30/h4-14,19,24,30H,15H2,1-3H3,(H,28,29). The molecule has 33 heavy (non-hydrogen) atoms. The molecule has 0 saturated heterocycles. The van der Waals surface area contributed by atoms with Gasteiger partial charge in [-0.05, 0) is 41.8 Å². The van der Waals surface area contributed by atoms with Crippen LogP contribution in [-0.4, -0.2) is 32.3 Å². The lowest BCUT2D eigenvalue weighted by Crippen LogP contribution is -2.24. The van der Waals surface area contributed by atoms with Crippen molar-refractivity contribution in [3.05, 3.63) is 89.0 Å². The lowest BCUT2D eigenvalue weighted by Gasteiger charge is -2.19. The zero-order chi connectivity index (χ0) is 22.9. The van der Waals surface area contributed by atoms with Crippen molar-refractivity contribution < 1.29 is 19.3 Å². The number of para-hydroxylation sites is 1. The third-order valence-electron chi connectivity index (χ3n) is 6.19. The van der Waals surface area contributed by atoms with Gasteiger partial charge in [-0.15, -0.1) is 0 Å². The zero-order valence-electron chi connectivity index (χ0n) is 18.8. The number of nitrogens with one attached hydrogen (secondary N) is 1. The number of rotatable bonds is 6. The van der Waals surface area contributed by atoms with Crippen LogP contribution < -0.4 is 19.5 Å². The van der Waals surface area contributed by atoms with E-state index < -0.39 is 0 Å². The topological polar surface area (TPSA) is 72.3 Å². The van der Waals surface area contributed by atoms with Crippen LogP contribution in [0.15, 0.2) is 77.3 Å². The second-order valence-electron chi connectivity index (χ2n) is 8.10. The van der Waals surface area contributed by atoms with Crippen LogP contribution in [0.1, 0.15) is 29.2 Å². The summed E-state index contributed by atoms with van der Waals surface area (Å²) < 4.78 is 16.6. The van der Waals surface area contributed by atoms with Gasteiger partial charge < -0.3 is 24.6 Å². The minimum Gasteiger partial charge on any atom is -0.507 e. The monoisotopic (exact) mass is 442 g/mol. The van der Waals surface area contributed by atoms with E-state index in [4.69, 9.17) is 19.2 Å². The molecule has 0 bridgehead atoms. The number of amidine groups is 1. The molecule has 0 amide bonds. The van der Waals surface area contributed by atoms with Gasteiger partial charge in [0.25, 0.3) is 0 Å². The molecule has 1 fully saturated rings. The van der Waals surface area contributed by atoms with Gasteiger partial charge in [-0.2, -0.15) is 0 Å². The number of benzene rings is 3. The summed E-state index contributed by atoms with van der Waals surface area (Å²) in [6.45, 7) is 0. The van der Waals surface area contributed by atoms with Crippen molar-refractivity contribution in [2.24, 2.45) is 10.9 Å². The highest BCUT2D eigenvalue weighted by Gasteiger charge is 2.43. The van der Waals surface area contributed by atoms with E-state index in [9.17, 15) is 5.11 Å². The molecular weight excluding hydrogens is 416 g/mol. The molecule has 6 nitrogen and oxygen atoms in total. The second kappa shape index (κ2) is 8.54. The second-order valence-corrected chi connectivity index (χ2v) is 8.10. The van der Waals surface area contributed by atoms with E-state index in [1.807, 2.05) is 48.5 Å². The summed E-state index contributed by atoms with van der Waals surface area (Å²) in [5.41, 5.74) is 4.90. The van der Waals surface area contributed by atoms with E-state index in [2.05, 4.69) is 17.4 Å². The largest absolute Gasteiger partial charge is 0.507 e. The third-order valence-corrected chi connectivity index (χ3v) is 6.19. The lowest BCUT2D eigenvalue weighted by atomic mass is 10.0. The minimum absolute atomic E-state index is 0.0360. The number of aromatic hydroxyl groups is 1. The molecule has 3 aromatic rings. The molecule has 2 N–H and O–H groups in total. The number of nitrogens with zero attached hydrogens (tertiary/aromatic N) is 1. The Morgan fingerprint density at radius 2 is 1.55 bits per heavy atom. The van der Waals surface area contributed by atoms with Crippen molar-refractivity contribution in [1.82, 2.24) is 5.32 Å². The van der Waals surface area contributed by atoms with Crippen LogP contribution >= 0.6 is 0 Å². The van der Waals surface area contributed by atoms with Crippen LogP contribution in [0.4, 0.5) is 0 Å². The number of aliphatic imine (C=N–C) groups is 1. The molecule has 2 atom stereocenters. The van der Waals surface area contributed by atoms with E-state index >= 15 is 0 Å². The average molecular weight is 443 g/mol. The van der Waals surface area contributed by atoms with Gasteiger partial charge in [0.15, 0.2) is 11.5 Å². The number of phenols is 1. The maximum atomic E-state index is 10.6. The molecular formula is C27H26N2O4. The van der Waals surface area contributed by atoms with Crippen molar-refractivity contribution in [2.75, 3.05) is 21.3 Å². The Morgan fingerprint density at radius 1 is 0.879 bits per heavy atom. The molecule has 5 rings (SSSR count). The molecule has 1 heterocycles. The molecule has 168 valence electrons. The molecule has 2 aliphatic rings. The van der Waals surface area contributed by atoms with Crippen molar-refractivity contribution in [3.63, 3.8) is 0 Å². The Bertz CT molecular complexity index is 1220. The molecule has 1 aliphatic heterocycles. The van der Waals surface area contributed by atoms with Crippen LogP contribution in [0.3, 0.4) is 0 Å². The summed E-state index contributed by atoms with van der Waals surface area (Å²) in [6.07, 6.45) is 0.933. The highest BCUT2D eigenvalue weighted by Crippen LogP contribution is 2.54. The molecule has 1 saturated carbocycles. The Hall–Kier alpha value is -3.93. The normalized spacial score (nSPS) is 19.1. The van der Waals surface area contributed by atoms with Crippen LogP contribution in [0.5, 0.6) is 23.0 Å². The molecule has 1 aliphatic carbocycles. The van der Waals surface area contributed by atoms with Crippen LogP contribution in [-0.2, 0) is 0 Å². The van der Waals surface area contributed by atoms with Crippen LogP contribution in [0.25, 0.3) is 5.70 Å². The molecule has 3 aromatic carbocycles. The van der Waals surface area contributed by atoms with Gasteiger partial charge in [-0.25, -0.2) is 0 Å². The quantitative estimate of drug-likeness (QED) is 0.566. The van der Waals surface area contributed by atoms with Gasteiger partial charge in [0.2, 0.25) is 5.75 Å². The minimum atomic E-state index is -0.0360. The fraction of sp³-hybridized carbons (Fsp3) is 0.222. The average Bonchev–Trinajstić information content (AvgIpc) is 3.65. The van der Waals surface area contributed by atoms with E-state index in [1.165, 1.54) is 5.57 Å². The molecule has 6 heteroatoms. The first-order chi connectivity index (χ1) is 16.1. The summed E-state index contributed by atoms with van der Waals surface area (Å²) >= 11 is 0. The first-order valence-corrected chi connectivity index (χ1v) is 10.9. The van der Waals surface area contributed by atoms with Crippen molar-refractivity contribution in [2.45, 2.75) is 12.5 Å². The molecule has 0 radical (unpaired) electrons. The third kappa shape index (κ3) is 3.78.